The Hall–Kier alpha value is -2.63. The summed E-state index contributed by atoms with van der Waals surface area (Å²) in [7, 11) is -3.21. The van der Waals surface area contributed by atoms with Gasteiger partial charge in [-0.1, -0.05) is 54.6 Å². The highest BCUT2D eigenvalue weighted by Crippen LogP contribution is 2.35. The van der Waals surface area contributed by atoms with Crippen LogP contribution in [-0.4, -0.2) is 20.7 Å². The summed E-state index contributed by atoms with van der Waals surface area (Å²) in [6.07, 6.45) is 1.98. The van der Waals surface area contributed by atoms with Gasteiger partial charge in [0.25, 0.3) is 0 Å². The van der Waals surface area contributed by atoms with Crippen molar-refractivity contribution in [2.45, 2.75) is 30.0 Å². The second kappa shape index (κ2) is 7.78. The van der Waals surface area contributed by atoms with Crippen molar-refractivity contribution in [3.05, 3.63) is 95.6 Å². The molecule has 0 saturated carbocycles. The summed E-state index contributed by atoms with van der Waals surface area (Å²) in [4.78, 5) is 0.297. The van der Waals surface area contributed by atoms with Crippen LogP contribution in [0.4, 0.5) is 0 Å². The van der Waals surface area contributed by atoms with Crippen molar-refractivity contribution < 1.29 is 13.2 Å². The average molecular weight is 394 g/mol. The van der Waals surface area contributed by atoms with E-state index >= 15 is 0 Å². The van der Waals surface area contributed by atoms with Crippen LogP contribution in [0.2, 0.25) is 0 Å². The van der Waals surface area contributed by atoms with Gasteiger partial charge in [0.1, 0.15) is 11.9 Å². The zero-order valence-electron chi connectivity index (χ0n) is 15.7. The molecule has 0 aromatic heterocycles. The van der Waals surface area contributed by atoms with Gasteiger partial charge in [0.05, 0.1) is 10.9 Å². The lowest BCUT2D eigenvalue weighted by atomic mass is 10.1. The van der Waals surface area contributed by atoms with Crippen LogP contribution in [0.15, 0.2) is 83.8 Å². The van der Waals surface area contributed by atoms with Crippen LogP contribution in [0.3, 0.4) is 0 Å². The Morgan fingerprint density at radius 2 is 1.61 bits per heavy atom. The highest BCUT2D eigenvalue weighted by atomic mass is 32.2. The predicted octanol–water partition coefficient (Wildman–Crippen LogP) is 3.92. The summed E-state index contributed by atoms with van der Waals surface area (Å²) >= 11 is 0. The van der Waals surface area contributed by atoms with E-state index in [1.54, 1.807) is 24.3 Å². The Morgan fingerprint density at radius 3 is 2.32 bits per heavy atom. The van der Waals surface area contributed by atoms with E-state index in [0.29, 0.717) is 10.6 Å². The number of benzene rings is 3. The van der Waals surface area contributed by atoms with Gasteiger partial charge in [-0.25, -0.2) is 8.42 Å². The first-order valence-corrected chi connectivity index (χ1v) is 11.2. The van der Waals surface area contributed by atoms with E-state index in [0.717, 1.165) is 13.0 Å². The molecular weight excluding hydrogens is 370 g/mol. The van der Waals surface area contributed by atoms with Crippen LogP contribution in [0, 0.1) is 0 Å². The summed E-state index contributed by atoms with van der Waals surface area (Å²) in [5.41, 5.74) is 3.70. The van der Waals surface area contributed by atoms with Crippen LogP contribution in [0.5, 0.6) is 5.75 Å². The fraction of sp³-hybridized carbons (Fsp3) is 0.217. The molecule has 1 aliphatic rings. The van der Waals surface area contributed by atoms with Crippen LogP contribution in [0.1, 0.15) is 22.8 Å². The van der Waals surface area contributed by atoms with Crippen molar-refractivity contribution in [1.82, 2.24) is 5.32 Å². The highest BCUT2D eigenvalue weighted by Gasteiger charge is 2.33. The van der Waals surface area contributed by atoms with Gasteiger partial charge >= 0.3 is 0 Å². The number of nitrogens with one attached hydrogen (secondary N) is 1. The second-order valence-corrected chi connectivity index (χ2v) is 9.17. The monoisotopic (exact) mass is 393 g/mol. The van der Waals surface area contributed by atoms with Gasteiger partial charge in [-0.05, 0) is 47.4 Å². The van der Waals surface area contributed by atoms with Crippen LogP contribution < -0.4 is 10.1 Å². The molecule has 144 valence electrons. The van der Waals surface area contributed by atoms with E-state index in [4.69, 9.17) is 4.74 Å². The second-order valence-electron chi connectivity index (χ2n) is 7.16. The van der Waals surface area contributed by atoms with E-state index in [9.17, 15) is 8.42 Å². The minimum atomic E-state index is -3.21. The van der Waals surface area contributed by atoms with E-state index in [1.807, 2.05) is 24.3 Å². The van der Waals surface area contributed by atoms with Crippen LogP contribution >= 0.6 is 0 Å². The molecule has 0 bridgehead atoms. The Kier molecular flexibility index (Phi) is 5.20. The first kappa shape index (κ1) is 18.7. The number of hydrogen-bond donors (Lipinski definition) is 1. The minimum Gasteiger partial charge on any atom is -0.484 e. The van der Waals surface area contributed by atoms with Crippen molar-refractivity contribution in [2.75, 3.05) is 6.26 Å². The summed E-state index contributed by atoms with van der Waals surface area (Å²) in [5.74, 6) is 0.667. The molecular formula is C23H23NO3S. The van der Waals surface area contributed by atoms with Gasteiger partial charge in [0, 0.05) is 12.8 Å². The quantitative estimate of drug-likeness (QED) is 0.690. The SMILES string of the molecule is CS(=O)(=O)c1ccc(OC2c3ccccc3CC2NCc2ccccc2)cc1. The fourth-order valence-corrected chi connectivity index (χ4v) is 4.27. The molecule has 3 aromatic carbocycles. The maximum absolute atomic E-state index is 11.7. The molecule has 0 radical (unpaired) electrons. The van der Waals surface area contributed by atoms with E-state index in [1.165, 1.54) is 22.9 Å². The zero-order chi connectivity index (χ0) is 19.6. The van der Waals surface area contributed by atoms with Crippen molar-refractivity contribution in [2.24, 2.45) is 0 Å². The third kappa shape index (κ3) is 4.11. The Labute approximate surface area is 166 Å². The first-order chi connectivity index (χ1) is 13.5. The normalized spacial score (nSPS) is 18.6. The lowest BCUT2D eigenvalue weighted by Crippen LogP contribution is -2.34. The lowest BCUT2D eigenvalue weighted by molar-refractivity contribution is 0.167. The molecule has 0 saturated heterocycles. The molecule has 1 N–H and O–H groups in total. The van der Waals surface area contributed by atoms with Gasteiger partial charge in [-0.15, -0.1) is 0 Å². The first-order valence-electron chi connectivity index (χ1n) is 9.32. The van der Waals surface area contributed by atoms with Crippen molar-refractivity contribution >= 4 is 9.84 Å². The number of sulfone groups is 1. The van der Waals surface area contributed by atoms with Crippen molar-refractivity contribution in [3.8, 4) is 5.75 Å². The molecule has 0 spiro atoms. The lowest BCUT2D eigenvalue weighted by Gasteiger charge is -2.23. The molecule has 3 aromatic rings. The molecule has 0 amide bonds. The third-order valence-corrected chi connectivity index (χ3v) is 6.22. The number of rotatable bonds is 6. The Bertz CT molecular complexity index is 1050. The molecule has 28 heavy (non-hydrogen) atoms. The van der Waals surface area contributed by atoms with Gasteiger partial charge < -0.3 is 10.1 Å². The summed E-state index contributed by atoms with van der Waals surface area (Å²) in [6.45, 7) is 0.770. The number of hydrogen-bond acceptors (Lipinski definition) is 4. The van der Waals surface area contributed by atoms with Gasteiger partial charge in [0.15, 0.2) is 9.84 Å². The molecule has 0 fully saturated rings. The predicted molar refractivity (Wildman–Crippen MR) is 110 cm³/mol. The van der Waals surface area contributed by atoms with Crippen LogP contribution in [0.25, 0.3) is 0 Å². The largest absolute Gasteiger partial charge is 0.484 e. The minimum absolute atomic E-state index is 0.121. The molecule has 4 rings (SSSR count). The standard InChI is InChI=1S/C23H23NO3S/c1-28(25,26)20-13-11-19(12-14-20)27-23-21-10-6-5-9-18(21)15-22(23)24-16-17-7-3-2-4-8-17/h2-14,22-24H,15-16H2,1H3. The van der Waals surface area contributed by atoms with Gasteiger partial charge in [-0.3, -0.25) is 0 Å². The zero-order valence-corrected chi connectivity index (χ0v) is 16.5. The Balaban J connectivity index is 1.54. The van der Waals surface area contributed by atoms with Crippen molar-refractivity contribution in [3.63, 3.8) is 0 Å². The average Bonchev–Trinajstić information content (AvgIpc) is 3.04. The van der Waals surface area contributed by atoms with Gasteiger partial charge in [-0.2, -0.15) is 0 Å². The Morgan fingerprint density at radius 1 is 0.929 bits per heavy atom. The summed E-state index contributed by atoms with van der Waals surface area (Å²) in [5, 5.41) is 3.63. The maximum Gasteiger partial charge on any atom is 0.175 e. The highest BCUT2D eigenvalue weighted by molar-refractivity contribution is 7.90. The number of fused-ring (bicyclic) bond motifs is 1. The van der Waals surface area contributed by atoms with Crippen LogP contribution in [-0.2, 0) is 22.8 Å². The summed E-state index contributed by atoms with van der Waals surface area (Å²) in [6, 6.07) is 25.4. The van der Waals surface area contributed by atoms with Crippen molar-refractivity contribution in [1.29, 1.82) is 0 Å². The molecule has 1 aliphatic carbocycles. The van der Waals surface area contributed by atoms with E-state index < -0.39 is 9.84 Å². The third-order valence-electron chi connectivity index (χ3n) is 5.09. The topological polar surface area (TPSA) is 55.4 Å². The van der Waals surface area contributed by atoms with E-state index in [-0.39, 0.29) is 12.1 Å². The fourth-order valence-electron chi connectivity index (χ4n) is 3.64. The maximum atomic E-state index is 11.7. The summed E-state index contributed by atoms with van der Waals surface area (Å²) < 4.78 is 29.7. The number of ether oxygens (including phenoxy) is 1. The smallest absolute Gasteiger partial charge is 0.175 e. The molecule has 0 aliphatic heterocycles. The molecule has 4 nitrogen and oxygen atoms in total. The van der Waals surface area contributed by atoms with Gasteiger partial charge in [0.2, 0.25) is 0 Å². The molecule has 0 heterocycles. The molecule has 2 atom stereocenters. The van der Waals surface area contributed by atoms with E-state index in [2.05, 4.69) is 35.6 Å². The molecule has 5 heteroatoms. The molecule has 2 unspecified atom stereocenters.